The minimum atomic E-state index is -1.69. The van der Waals surface area contributed by atoms with Crippen molar-refractivity contribution in [2.75, 3.05) is 26.9 Å². The molecule has 2 amide bonds. The van der Waals surface area contributed by atoms with Crippen LogP contribution in [0.4, 0.5) is 0 Å². The standard InChI is InChI=1S/C85H91N3O16/c1-92-85(91)82-73(80(101-55-67-45-27-10-28-46-67)76(98-52-64-39-21-7-22-40-64)70(104-82)58-95-49-61-33-15-4-16-34-61)88-84(90)81-72(79(100-54-66-43-25-9-26-44-66)75(97-51-63-37-19-6-20-38-63)69(103-81)57-94-48-60-31-13-3-14-32-60)87-83(89)78-71(86)77(99-53-65-41-23-8-24-42-65)74(96-50-62-35-17-5-18-36-62)68(102-78)56-93-47-59-29-11-2-12-30-59/h2-46,68-82H,47-58,86H2,1H3,(H,87,89)(H,88,90)/t68-,69-,70-,71-,72-,73-,74-,75-,76-,77-,78-,79-,80-,81?,82-/m1/s1. The van der Waals surface area contributed by atoms with Crippen LogP contribution in [0.25, 0.3) is 0 Å². The lowest BCUT2D eigenvalue weighted by atomic mass is 9.88. The van der Waals surface area contributed by atoms with Crippen LogP contribution >= 0.6 is 0 Å². The molecule has 0 radical (unpaired) electrons. The topological polar surface area (TPSA) is 221 Å². The molecule has 3 aliphatic rings. The van der Waals surface area contributed by atoms with Crippen molar-refractivity contribution < 1.29 is 76.0 Å². The van der Waals surface area contributed by atoms with Gasteiger partial charge in [-0.2, -0.15) is 0 Å². The number of carbonyl (C=O) groups excluding carboxylic acids is 3. The largest absolute Gasteiger partial charge is 0.467 e. The number of hydrogen-bond donors (Lipinski definition) is 3. The second-order valence-corrected chi connectivity index (χ2v) is 26.0. The zero-order valence-corrected chi connectivity index (χ0v) is 58.2. The molecule has 9 aromatic carbocycles. The van der Waals surface area contributed by atoms with Gasteiger partial charge < -0.3 is 77.9 Å². The lowest BCUT2D eigenvalue weighted by Crippen LogP contribution is -2.73. The first-order chi connectivity index (χ1) is 51.2. The number of rotatable bonds is 35. The van der Waals surface area contributed by atoms with E-state index in [1.807, 2.05) is 273 Å². The Hall–Kier alpha value is -9.13. The summed E-state index contributed by atoms with van der Waals surface area (Å²) in [4.78, 5) is 47.7. The second kappa shape index (κ2) is 39.1. The summed E-state index contributed by atoms with van der Waals surface area (Å²) in [5, 5.41) is 6.47. The van der Waals surface area contributed by atoms with Crippen LogP contribution in [-0.2, 0) is 135 Å². The van der Waals surface area contributed by atoms with Crippen LogP contribution in [0.3, 0.4) is 0 Å². The number of methoxy groups -OCH3 is 1. The van der Waals surface area contributed by atoms with Crippen molar-refractivity contribution in [1.82, 2.24) is 10.6 Å². The van der Waals surface area contributed by atoms with Crippen molar-refractivity contribution in [2.24, 2.45) is 5.73 Å². The Labute approximate surface area is 608 Å². The fraction of sp³-hybridized carbons (Fsp3) is 0.329. The predicted octanol–water partition coefficient (Wildman–Crippen LogP) is 10.9. The van der Waals surface area contributed by atoms with E-state index in [4.69, 9.17) is 67.3 Å². The van der Waals surface area contributed by atoms with Gasteiger partial charge in [-0.1, -0.05) is 273 Å². The third-order valence-electron chi connectivity index (χ3n) is 18.6. The van der Waals surface area contributed by atoms with Gasteiger partial charge in [0, 0.05) is 0 Å². The van der Waals surface area contributed by atoms with Crippen molar-refractivity contribution >= 4 is 17.8 Å². The molecule has 0 aromatic heterocycles. The van der Waals surface area contributed by atoms with E-state index in [1.54, 1.807) is 0 Å². The molecule has 19 nitrogen and oxygen atoms in total. The quantitative estimate of drug-likeness (QED) is 0.0314. The monoisotopic (exact) mass is 1410 g/mol. The minimum Gasteiger partial charge on any atom is -0.467 e. The average Bonchev–Trinajstić information content (AvgIpc) is 0.771. The number of nitrogens with one attached hydrogen (secondary N) is 2. The SMILES string of the molecule is COC(=O)[C@@H]1O[C@H](COCc2ccccc2)[C@@H](OCc2ccccc2)[C@H](OCc2ccccc2)[C@H]1NC(=O)C1O[C@H](COCc2ccccc2)[C@@H](OCc2ccccc2)[C@H](OCc2ccccc2)[C@H]1NC(=O)[C@@H]1O[C@H](COCc2ccccc2)[C@@H](OCc2ccccc2)[C@H](OCc2ccccc2)[C@H]1N. The number of ether oxygens (including phenoxy) is 13. The maximum absolute atomic E-state index is 16.6. The summed E-state index contributed by atoms with van der Waals surface area (Å²) in [7, 11) is 1.25. The normalized spacial score (nSPS) is 24.6. The lowest BCUT2D eigenvalue weighted by Gasteiger charge is -2.49. The molecule has 0 bridgehead atoms. The number of carbonyl (C=O) groups is 3. The molecule has 3 aliphatic heterocycles. The van der Waals surface area contributed by atoms with Gasteiger partial charge in [-0.05, 0) is 50.1 Å². The maximum atomic E-state index is 16.6. The molecule has 104 heavy (non-hydrogen) atoms. The second-order valence-electron chi connectivity index (χ2n) is 26.0. The van der Waals surface area contributed by atoms with Gasteiger partial charge in [0.05, 0.1) is 105 Å². The Morgan fingerprint density at radius 2 is 0.519 bits per heavy atom. The Kier molecular flexibility index (Phi) is 28.1. The maximum Gasteiger partial charge on any atom is 0.337 e. The van der Waals surface area contributed by atoms with E-state index in [1.165, 1.54) is 7.11 Å². The highest BCUT2D eigenvalue weighted by Gasteiger charge is 2.57. The molecule has 12 rings (SSSR count). The highest BCUT2D eigenvalue weighted by molar-refractivity contribution is 5.87. The fourth-order valence-electron chi connectivity index (χ4n) is 13.2. The average molecular weight is 1410 g/mol. The van der Waals surface area contributed by atoms with Crippen LogP contribution in [0.5, 0.6) is 0 Å². The van der Waals surface area contributed by atoms with Crippen molar-refractivity contribution in [3.8, 4) is 0 Å². The molecular formula is C85H91N3O16. The number of nitrogens with two attached hydrogens (primary N) is 1. The van der Waals surface area contributed by atoms with Crippen LogP contribution in [0, 0.1) is 0 Å². The smallest absolute Gasteiger partial charge is 0.337 e. The van der Waals surface area contributed by atoms with E-state index < -0.39 is 109 Å². The summed E-state index contributed by atoms with van der Waals surface area (Å²) in [6.07, 6.45) is -14.1. The molecule has 4 N–H and O–H groups in total. The number of esters is 1. The van der Waals surface area contributed by atoms with E-state index in [0.29, 0.717) is 0 Å². The number of benzene rings is 9. The first kappa shape index (κ1) is 74.6. The first-order valence-electron chi connectivity index (χ1n) is 35.4. The third-order valence-corrected chi connectivity index (χ3v) is 18.6. The highest BCUT2D eigenvalue weighted by Crippen LogP contribution is 2.35. The molecule has 1 unspecified atom stereocenters. The summed E-state index contributed by atoms with van der Waals surface area (Å²) in [5.74, 6) is -2.38. The predicted molar refractivity (Wildman–Crippen MR) is 388 cm³/mol. The molecule has 3 fully saturated rings. The van der Waals surface area contributed by atoms with Crippen molar-refractivity contribution in [1.29, 1.82) is 0 Å². The van der Waals surface area contributed by atoms with Gasteiger partial charge in [0.25, 0.3) is 11.8 Å². The molecular weight excluding hydrogens is 1320 g/mol. The van der Waals surface area contributed by atoms with Gasteiger partial charge in [0.1, 0.15) is 54.9 Å². The van der Waals surface area contributed by atoms with E-state index in [0.717, 1.165) is 50.1 Å². The molecule has 542 valence electrons. The van der Waals surface area contributed by atoms with Gasteiger partial charge in [0.2, 0.25) is 0 Å². The fourth-order valence-corrected chi connectivity index (χ4v) is 13.2. The van der Waals surface area contributed by atoms with Crippen LogP contribution in [0.15, 0.2) is 273 Å². The Balaban J connectivity index is 0.946. The molecule has 3 saturated heterocycles. The Morgan fingerprint density at radius 3 is 0.808 bits per heavy atom. The van der Waals surface area contributed by atoms with Gasteiger partial charge >= 0.3 is 5.97 Å². The van der Waals surface area contributed by atoms with Crippen LogP contribution in [-0.4, -0.2) is 136 Å². The number of amides is 2. The van der Waals surface area contributed by atoms with Gasteiger partial charge in [-0.25, -0.2) is 4.79 Å². The first-order valence-corrected chi connectivity index (χ1v) is 35.4. The summed E-state index contributed by atoms with van der Waals surface area (Å²) in [6, 6.07) is 82.6. The Bertz CT molecular complexity index is 3960. The third kappa shape index (κ3) is 21.1. The summed E-state index contributed by atoms with van der Waals surface area (Å²) < 4.78 is 88.1. The molecule has 0 saturated carbocycles. The lowest BCUT2D eigenvalue weighted by molar-refractivity contribution is -0.243. The molecule has 0 aliphatic carbocycles. The van der Waals surface area contributed by atoms with Crippen LogP contribution in [0.2, 0.25) is 0 Å². The molecule has 19 heteroatoms. The zero-order valence-electron chi connectivity index (χ0n) is 58.2. The summed E-state index contributed by atoms with van der Waals surface area (Å²) >= 11 is 0. The number of hydrogen-bond acceptors (Lipinski definition) is 17. The van der Waals surface area contributed by atoms with E-state index >= 15 is 9.59 Å². The highest BCUT2D eigenvalue weighted by atomic mass is 16.6. The molecule has 15 atom stereocenters. The molecule has 0 spiro atoms. The zero-order chi connectivity index (χ0) is 71.5. The minimum absolute atomic E-state index is 0.0119. The van der Waals surface area contributed by atoms with Crippen molar-refractivity contribution in [3.05, 3.63) is 323 Å². The van der Waals surface area contributed by atoms with E-state index in [9.17, 15) is 4.79 Å². The van der Waals surface area contributed by atoms with Crippen LogP contribution < -0.4 is 16.4 Å². The van der Waals surface area contributed by atoms with E-state index in [2.05, 4.69) is 10.6 Å². The van der Waals surface area contributed by atoms with E-state index in [-0.39, 0.29) is 79.3 Å². The Morgan fingerprint density at radius 1 is 0.298 bits per heavy atom. The van der Waals surface area contributed by atoms with Gasteiger partial charge in [0.15, 0.2) is 18.3 Å². The van der Waals surface area contributed by atoms with Crippen LogP contribution in [0.1, 0.15) is 50.1 Å². The van der Waals surface area contributed by atoms with Gasteiger partial charge in [-0.3, -0.25) is 9.59 Å². The molecule has 9 aromatic rings. The van der Waals surface area contributed by atoms with Gasteiger partial charge in [-0.15, -0.1) is 0 Å². The summed E-state index contributed by atoms with van der Waals surface area (Å²) in [5.41, 5.74) is 15.2. The molecule has 3 heterocycles. The van der Waals surface area contributed by atoms with Crippen molar-refractivity contribution in [2.45, 2.75) is 151 Å². The van der Waals surface area contributed by atoms with Crippen molar-refractivity contribution in [3.63, 3.8) is 0 Å². The summed E-state index contributed by atoms with van der Waals surface area (Å²) in [6.45, 7) is 0.729.